The number of fused-ring (bicyclic) bond motifs is 2. The third-order valence-electron chi connectivity index (χ3n) is 4.54. The minimum atomic E-state index is -4.51. The molecule has 23 heavy (non-hydrogen) atoms. The third-order valence-corrected chi connectivity index (χ3v) is 5.39. The summed E-state index contributed by atoms with van der Waals surface area (Å²) in [7, 11) is 0. The number of thioether (sulfide) groups is 1. The maximum atomic E-state index is 12.7. The molecule has 2 aliphatic rings. The number of aromatic nitrogens is 2. The highest BCUT2D eigenvalue weighted by molar-refractivity contribution is 7.99. The Labute approximate surface area is 136 Å². The number of aryl methyl sites for hydroxylation is 1. The first-order valence-electron chi connectivity index (χ1n) is 7.66. The van der Waals surface area contributed by atoms with Gasteiger partial charge >= 0.3 is 6.18 Å². The molecule has 2 fully saturated rings. The number of nitrogens with one attached hydrogen (secondary N) is 1. The summed E-state index contributed by atoms with van der Waals surface area (Å²) in [5.74, 6) is 1.17. The molecule has 0 spiro atoms. The summed E-state index contributed by atoms with van der Waals surface area (Å²) >= 11 is 0.942. The molecule has 2 saturated carbocycles. The van der Waals surface area contributed by atoms with Crippen molar-refractivity contribution in [3.8, 4) is 0 Å². The normalized spacial score (nSPS) is 26.5. The maximum Gasteiger partial charge on any atom is 0.433 e. The van der Waals surface area contributed by atoms with E-state index < -0.39 is 11.9 Å². The van der Waals surface area contributed by atoms with Crippen LogP contribution in [0.2, 0.25) is 0 Å². The van der Waals surface area contributed by atoms with Gasteiger partial charge < -0.3 is 5.32 Å². The number of halogens is 3. The standard InChI is InChI=1S/C15H18F3N3OS/c1-8-4-12(15(16,17)18)21-14(19-8)23-7-13(22)20-11-6-9-2-3-10(11)5-9/h4,9-11H,2-3,5-7H2,1H3,(H,20,22)/t9-,10-,11+/m0/s1. The van der Waals surface area contributed by atoms with E-state index in [1.165, 1.54) is 26.2 Å². The Hall–Kier alpha value is -1.31. The molecule has 0 radical (unpaired) electrons. The van der Waals surface area contributed by atoms with E-state index in [0.29, 0.717) is 5.92 Å². The van der Waals surface area contributed by atoms with Crippen molar-refractivity contribution >= 4 is 17.7 Å². The van der Waals surface area contributed by atoms with Gasteiger partial charge in [-0.2, -0.15) is 13.2 Å². The zero-order valence-corrected chi connectivity index (χ0v) is 13.5. The van der Waals surface area contributed by atoms with Crippen molar-refractivity contribution < 1.29 is 18.0 Å². The molecular weight excluding hydrogens is 327 g/mol. The van der Waals surface area contributed by atoms with Gasteiger partial charge in [-0.05, 0) is 44.1 Å². The SMILES string of the molecule is Cc1cc(C(F)(F)F)nc(SCC(=O)N[C@@H]2C[C@H]3CC[C@H]2C3)n1. The van der Waals surface area contributed by atoms with E-state index in [0.717, 1.165) is 30.2 Å². The number of carbonyl (C=O) groups excluding carboxylic acids is 1. The van der Waals surface area contributed by atoms with Crippen LogP contribution < -0.4 is 5.32 Å². The summed E-state index contributed by atoms with van der Waals surface area (Å²) in [6.07, 6.45) is 0.129. The van der Waals surface area contributed by atoms with Gasteiger partial charge in [0.15, 0.2) is 5.16 Å². The summed E-state index contributed by atoms with van der Waals surface area (Å²) in [4.78, 5) is 19.5. The van der Waals surface area contributed by atoms with E-state index in [1.807, 2.05) is 0 Å². The number of hydrogen-bond acceptors (Lipinski definition) is 4. The molecule has 2 bridgehead atoms. The lowest BCUT2D eigenvalue weighted by Crippen LogP contribution is -2.39. The minimum Gasteiger partial charge on any atom is -0.352 e. The van der Waals surface area contributed by atoms with Crippen molar-refractivity contribution in [3.05, 3.63) is 17.5 Å². The van der Waals surface area contributed by atoms with Crippen LogP contribution in [0.25, 0.3) is 0 Å². The van der Waals surface area contributed by atoms with Crippen LogP contribution in [0.15, 0.2) is 11.2 Å². The molecule has 1 aromatic heterocycles. The molecule has 126 valence electrons. The van der Waals surface area contributed by atoms with Crippen LogP contribution >= 0.6 is 11.8 Å². The topological polar surface area (TPSA) is 54.9 Å². The van der Waals surface area contributed by atoms with E-state index in [4.69, 9.17) is 0 Å². The van der Waals surface area contributed by atoms with Crippen LogP contribution in [0.5, 0.6) is 0 Å². The Morgan fingerprint density at radius 3 is 2.74 bits per heavy atom. The molecule has 1 heterocycles. The average molecular weight is 345 g/mol. The van der Waals surface area contributed by atoms with Crippen molar-refractivity contribution in [1.82, 2.24) is 15.3 Å². The van der Waals surface area contributed by atoms with Crippen LogP contribution in [0.1, 0.15) is 37.1 Å². The fourth-order valence-electron chi connectivity index (χ4n) is 3.55. The van der Waals surface area contributed by atoms with E-state index in [9.17, 15) is 18.0 Å². The summed E-state index contributed by atoms with van der Waals surface area (Å²) < 4.78 is 38.2. The van der Waals surface area contributed by atoms with Crippen molar-refractivity contribution in [2.75, 3.05) is 5.75 Å². The van der Waals surface area contributed by atoms with Gasteiger partial charge in [0.05, 0.1) is 5.75 Å². The molecule has 1 aromatic rings. The second-order valence-corrected chi connectivity index (χ2v) is 7.25. The fraction of sp³-hybridized carbons (Fsp3) is 0.667. The highest BCUT2D eigenvalue weighted by Crippen LogP contribution is 2.44. The lowest BCUT2D eigenvalue weighted by atomic mass is 9.95. The van der Waals surface area contributed by atoms with Crippen molar-refractivity contribution in [2.24, 2.45) is 11.8 Å². The van der Waals surface area contributed by atoms with Crippen LogP contribution in [-0.4, -0.2) is 27.7 Å². The van der Waals surface area contributed by atoms with E-state index in [2.05, 4.69) is 15.3 Å². The van der Waals surface area contributed by atoms with Crippen LogP contribution in [0.4, 0.5) is 13.2 Å². The zero-order chi connectivity index (χ0) is 16.6. The predicted octanol–water partition coefficient (Wildman–Crippen LogP) is 3.20. The van der Waals surface area contributed by atoms with Gasteiger partial charge in [-0.1, -0.05) is 18.2 Å². The highest BCUT2D eigenvalue weighted by Gasteiger charge is 2.40. The second kappa shape index (κ2) is 6.30. The first kappa shape index (κ1) is 16.5. The molecule has 4 nitrogen and oxygen atoms in total. The van der Waals surface area contributed by atoms with E-state index >= 15 is 0 Å². The van der Waals surface area contributed by atoms with Crippen molar-refractivity contribution in [2.45, 2.75) is 50.0 Å². The number of carbonyl (C=O) groups is 1. The molecule has 3 rings (SSSR count). The first-order valence-corrected chi connectivity index (χ1v) is 8.65. The third kappa shape index (κ3) is 3.97. The monoisotopic (exact) mass is 345 g/mol. The van der Waals surface area contributed by atoms with Crippen LogP contribution in [-0.2, 0) is 11.0 Å². The summed E-state index contributed by atoms with van der Waals surface area (Å²) in [6.45, 7) is 1.48. The lowest BCUT2D eigenvalue weighted by molar-refractivity contribution is -0.141. The molecular formula is C15H18F3N3OS. The fourth-order valence-corrected chi connectivity index (χ4v) is 4.27. The Balaban J connectivity index is 1.55. The summed E-state index contributed by atoms with van der Waals surface area (Å²) in [5, 5.41) is 2.99. The van der Waals surface area contributed by atoms with Gasteiger partial charge in [0.2, 0.25) is 5.91 Å². The van der Waals surface area contributed by atoms with Gasteiger partial charge in [0, 0.05) is 11.7 Å². The molecule has 3 atom stereocenters. The molecule has 0 aliphatic heterocycles. The molecule has 2 aliphatic carbocycles. The molecule has 1 N–H and O–H groups in total. The van der Waals surface area contributed by atoms with E-state index in [1.54, 1.807) is 0 Å². The predicted molar refractivity (Wildman–Crippen MR) is 79.9 cm³/mol. The quantitative estimate of drug-likeness (QED) is 0.673. The smallest absolute Gasteiger partial charge is 0.352 e. The van der Waals surface area contributed by atoms with Crippen molar-refractivity contribution in [3.63, 3.8) is 0 Å². The van der Waals surface area contributed by atoms with Gasteiger partial charge in [0.1, 0.15) is 5.69 Å². The number of amides is 1. The van der Waals surface area contributed by atoms with Gasteiger partial charge in [-0.25, -0.2) is 9.97 Å². The number of rotatable bonds is 4. The first-order chi connectivity index (χ1) is 10.8. The lowest BCUT2D eigenvalue weighted by Gasteiger charge is -2.22. The Morgan fingerprint density at radius 1 is 1.35 bits per heavy atom. The highest BCUT2D eigenvalue weighted by atomic mass is 32.2. The number of nitrogens with zero attached hydrogens (tertiary/aromatic N) is 2. The van der Waals surface area contributed by atoms with E-state index in [-0.39, 0.29) is 28.6 Å². The summed E-state index contributed by atoms with van der Waals surface area (Å²) in [6, 6.07) is 1.13. The molecule has 0 aromatic carbocycles. The summed E-state index contributed by atoms with van der Waals surface area (Å²) in [5.41, 5.74) is -0.732. The maximum absolute atomic E-state index is 12.7. The van der Waals surface area contributed by atoms with Crippen LogP contribution in [0.3, 0.4) is 0 Å². The zero-order valence-electron chi connectivity index (χ0n) is 12.7. The largest absolute Gasteiger partial charge is 0.433 e. The average Bonchev–Trinajstić information content (AvgIpc) is 3.06. The van der Waals surface area contributed by atoms with Gasteiger partial charge in [0.25, 0.3) is 0 Å². The second-order valence-electron chi connectivity index (χ2n) is 6.31. The molecule has 0 unspecified atom stereocenters. The Bertz CT molecular complexity index is 608. The van der Waals surface area contributed by atoms with Crippen molar-refractivity contribution in [1.29, 1.82) is 0 Å². The molecule has 8 heteroatoms. The number of alkyl halides is 3. The number of hydrogen-bond donors (Lipinski definition) is 1. The minimum absolute atomic E-state index is 0.0135. The Morgan fingerprint density at radius 2 is 2.13 bits per heavy atom. The van der Waals surface area contributed by atoms with Crippen LogP contribution in [0, 0.1) is 18.8 Å². The Kier molecular flexibility index (Phi) is 4.53. The van der Waals surface area contributed by atoms with Gasteiger partial charge in [-0.3, -0.25) is 4.79 Å². The molecule has 0 saturated heterocycles. The van der Waals surface area contributed by atoms with Gasteiger partial charge in [-0.15, -0.1) is 0 Å². The molecule has 1 amide bonds.